The molecule has 3 aromatic rings. The maximum absolute atomic E-state index is 14.1. The summed E-state index contributed by atoms with van der Waals surface area (Å²) in [4.78, 5) is 16.5. The Kier molecular flexibility index (Phi) is 7.23. The largest absolute Gasteiger partial charge is 0.417 e. The Hall–Kier alpha value is -3.72. The zero-order chi connectivity index (χ0) is 32.6. The minimum atomic E-state index is -4.92. The third-order valence-corrected chi connectivity index (χ3v) is 10.9. The summed E-state index contributed by atoms with van der Waals surface area (Å²) in [6.07, 6.45) is -8.79. The number of aromatic nitrogens is 1. The maximum Gasteiger partial charge on any atom is 0.417 e. The summed E-state index contributed by atoms with van der Waals surface area (Å²) in [7, 11) is -4.39. The Bertz CT molecular complexity index is 1750. The fraction of sp³-hybridized carbons (Fsp3) is 0.400. The van der Waals surface area contributed by atoms with Gasteiger partial charge in [-0.15, -0.1) is 0 Å². The molecule has 1 spiro atoms. The van der Waals surface area contributed by atoms with Crippen molar-refractivity contribution in [3.63, 3.8) is 0 Å². The zero-order valence-electron chi connectivity index (χ0n) is 23.3. The molecule has 0 saturated heterocycles. The fourth-order valence-electron chi connectivity index (χ4n) is 6.68. The highest BCUT2D eigenvalue weighted by atomic mass is 32.2. The average Bonchev–Trinajstić information content (AvgIpc) is 3.77. The topological polar surface area (TPSA) is 99.6 Å². The van der Waals surface area contributed by atoms with Crippen LogP contribution in [0.4, 0.5) is 42.1 Å². The highest BCUT2D eigenvalue weighted by molar-refractivity contribution is 7.92. The van der Waals surface area contributed by atoms with Gasteiger partial charge in [0.15, 0.2) is 5.60 Å². The van der Waals surface area contributed by atoms with E-state index in [9.17, 15) is 49.1 Å². The van der Waals surface area contributed by atoms with Crippen LogP contribution in [-0.2, 0) is 21.6 Å². The van der Waals surface area contributed by atoms with Crippen molar-refractivity contribution in [3.8, 4) is 0 Å². The Morgan fingerprint density at radius 1 is 0.933 bits per heavy atom. The lowest BCUT2D eigenvalue weighted by molar-refractivity contribution is -0.273. The Balaban J connectivity index is 1.45. The summed E-state index contributed by atoms with van der Waals surface area (Å²) < 4.78 is 124. The lowest BCUT2D eigenvalue weighted by Crippen LogP contribution is -2.56. The maximum atomic E-state index is 14.1. The van der Waals surface area contributed by atoms with E-state index in [0.717, 1.165) is 34.8 Å². The molecule has 240 valence electrons. The highest BCUT2D eigenvalue weighted by Gasteiger charge is 2.65. The number of alkyl halides is 6. The van der Waals surface area contributed by atoms with Gasteiger partial charge < -0.3 is 10.4 Å². The number of sulfonamides is 1. The molecule has 1 aliphatic heterocycles. The highest BCUT2D eigenvalue weighted by Crippen LogP contribution is 2.62. The van der Waals surface area contributed by atoms with E-state index >= 15 is 0 Å². The second kappa shape index (κ2) is 10.4. The molecule has 1 aromatic heterocycles. The number of benzene rings is 2. The van der Waals surface area contributed by atoms with Crippen LogP contribution in [0, 0.1) is 11.7 Å². The number of halogens is 7. The van der Waals surface area contributed by atoms with Crippen LogP contribution < -0.4 is 9.62 Å². The minimum Gasteiger partial charge on any atom is -0.380 e. The SMILES string of the molecule is O=C(Nc1cncc(C(F)(F)F)c1)c1ccc2c(c1)C1(CCC(O)(C(F)(F)F)CC1)C(C1CC1)N2S(=O)(=O)c1ccc(F)cc1. The number of nitrogens with zero attached hydrogens (tertiary/aromatic N) is 2. The number of rotatable bonds is 5. The first-order valence-corrected chi connectivity index (χ1v) is 15.5. The first kappa shape index (κ1) is 31.3. The molecule has 1 amide bonds. The molecule has 7 nitrogen and oxygen atoms in total. The van der Waals surface area contributed by atoms with Crippen LogP contribution in [0.15, 0.2) is 65.8 Å². The number of pyridine rings is 1. The smallest absolute Gasteiger partial charge is 0.380 e. The van der Waals surface area contributed by atoms with Crippen LogP contribution in [0.3, 0.4) is 0 Å². The number of hydrogen-bond donors (Lipinski definition) is 2. The number of amides is 1. The Labute approximate surface area is 253 Å². The van der Waals surface area contributed by atoms with Gasteiger partial charge in [0.05, 0.1) is 34.1 Å². The van der Waals surface area contributed by atoms with Gasteiger partial charge in [-0.05, 0) is 98.5 Å². The van der Waals surface area contributed by atoms with Gasteiger partial charge in [-0.1, -0.05) is 0 Å². The normalized spacial score (nSPS) is 25.3. The number of aliphatic hydroxyl groups is 1. The van der Waals surface area contributed by atoms with E-state index in [4.69, 9.17) is 0 Å². The second-order valence-corrected chi connectivity index (χ2v) is 13.7. The van der Waals surface area contributed by atoms with E-state index in [-0.39, 0.29) is 46.2 Å². The predicted octanol–water partition coefficient (Wildman–Crippen LogP) is 6.58. The molecule has 0 radical (unpaired) electrons. The molecule has 2 N–H and O–H groups in total. The monoisotopic (exact) mass is 657 g/mol. The van der Waals surface area contributed by atoms with Crippen LogP contribution in [0.1, 0.15) is 60.0 Å². The van der Waals surface area contributed by atoms with Crippen molar-refractivity contribution in [2.45, 2.75) is 72.8 Å². The Morgan fingerprint density at radius 3 is 2.16 bits per heavy atom. The van der Waals surface area contributed by atoms with Gasteiger partial charge in [0.2, 0.25) is 0 Å². The van der Waals surface area contributed by atoms with Gasteiger partial charge in [-0.2, -0.15) is 26.3 Å². The minimum absolute atomic E-state index is 0.0715. The third-order valence-electron chi connectivity index (χ3n) is 9.11. The quantitative estimate of drug-likeness (QED) is 0.302. The Morgan fingerprint density at radius 2 is 1.58 bits per heavy atom. The van der Waals surface area contributed by atoms with Crippen LogP contribution in [0.25, 0.3) is 0 Å². The molecule has 0 bridgehead atoms. The summed E-state index contributed by atoms with van der Waals surface area (Å²) in [6, 6.07) is 7.97. The van der Waals surface area contributed by atoms with Crippen molar-refractivity contribution >= 4 is 27.3 Å². The molecule has 2 aliphatic carbocycles. The van der Waals surface area contributed by atoms with Crippen molar-refractivity contribution in [1.82, 2.24) is 4.98 Å². The first-order chi connectivity index (χ1) is 21.0. The van der Waals surface area contributed by atoms with Crippen molar-refractivity contribution in [1.29, 1.82) is 0 Å². The molecule has 6 rings (SSSR count). The molecule has 2 saturated carbocycles. The van der Waals surface area contributed by atoms with E-state index in [0.29, 0.717) is 25.1 Å². The summed E-state index contributed by atoms with van der Waals surface area (Å²) in [5.74, 6) is -1.76. The summed E-state index contributed by atoms with van der Waals surface area (Å²) >= 11 is 0. The van der Waals surface area contributed by atoms with Gasteiger partial charge in [0.1, 0.15) is 5.82 Å². The summed E-state index contributed by atoms with van der Waals surface area (Å²) in [5, 5.41) is 12.9. The molecule has 1 atom stereocenters. The first-order valence-electron chi connectivity index (χ1n) is 14.0. The van der Waals surface area contributed by atoms with Crippen LogP contribution in [0.5, 0.6) is 0 Å². The van der Waals surface area contributed by atoms with Crippen LogP contribution in [0.2, 0.25) is 0 Å². The van der Waals surface area contributed by atoms with Crippen LogP contribution in [-0.4, -0.2) is 42.2 Å². The van der Waals surface area contributed by atoms with Gasteiger partial charge >= 0.3 is 12.4 Å². The molecule has 15 heteroatoms. The van der Waals surface area contributed by atoms with E-state index in [1.165, 1.54) is 18.2 Å². The number of nitrogens with one attached hydrogen (secondary N) is 1. The molecule has 2 aromatic carbocycles. The van der Waals surface area contributed by atoms with E-state index in [1.54, 1.807) is 0 Å². The number of carbonyl (C=O) groups excluding carboxylic acids is 1. The van der Waals surface area contributed by atoms with Gasteiger partial charge in [-0.25, -0.2) is 12.8 Å². The van der Waals surface area contributed by atoms with Crippen LogP contribution >= 0.6 is 0 Å². The number of carbonyl (C=O) groups is 1. The third kappa shape index (κ3) is 5.33. The lowest BCUT2D eigenvalue weighted by atomic mass is 9.61. The summed E-state index contributed by atoms with van der Waals surface area (Å²) in [5.41, 5.74) is -5.22. The molecule has 3 aliphatic rings. The molecule has 45 heavy (non-hydrogen) atoms. The standard InChI is InChI=1S/C30H26F7N3O4S/c31-20-4-6-22(7-5-20)45(43,44)40-24-8-3-18(26(41)39-21-14-19(15-38-16-21)29(32,33)34)13-23(24)27(25(40)17-1-2-17)9-11-28(42,12-10-27)30(35,36)37/h3-8,13-17,25,42H,1-2,9-12H2,(H,39,41). The second-order valence-electron chi connectivity index (χ2n) is 11.9. The van der Waals surface area contributed by atoms with Crippen molar-refractivity contribution < 1.29 is 49.1 Å². The number of anilines is 2. The number of hydrogen-bond acceptors (Lipinski definition) is 5. The fourth-order valence-corrected chi connectivity index (χ4v) is 8.48. The molecule has 2 heterocycles. The van der Waals surface area contributed by atoms with Gasteiger partial charge in [-0.3, -0.25) is 14.1 Å². The van der Waals surface area contributed by atoms with Crippen molar-refractivity contribution in [2.24, 2.45) is 5.92 Å². The van der Waals surface area contributed by atoms with E-state index in [1.807, 2.05) is 0 Å². The lowest BCUT2D eigenvalue weighted by Gasteiger charge is -2.47. The van der Waals surface area contributed by atoms with Gasteiger partial charge in [0.25, 0.3) is 15.9 Å². The molecule has 2 fully saturated rings. The zero-order valence-corrected chi connectivity index (χ0v) is 24.1. The summed E-state index contributed by atoms with van der Waals surface area (Å²) in [6.45, 7) is 0. The van der Waals surface area contributed by atoms with Crippen molar-refractivity contribution in [3.05, 3.63) is 83.4 Å². The van der Waals surface area contributed by atoms with Crippen molar-refractivity contribution in [2.75, 3.05) is 9.62 Å². The predicted molar refractivity (Wildman–Crippen MR) is 147 cm³/mol. The molecule has 1 unspecified atom stereocenters. The number of fused-ring (bicyclic) bond motifs is 2. The van der Waals surface area contributed by atoms with E-state index < -0.39 is 69.6 Å². The molecular weight excluding hydrogens is 631 g/mol. The van der Waals surface area contributed by atoms with Gasteiger partial charge in [0, 0.05) is 17.2 Å². The van der Waals surface area contributed by atoms with E-state index in [2.05, 4.69) is 10.3 Å². The average molecular weight is 658 g/mol. The molecular formula is C30H26F7N3O4S.